The lowest BCUT2D eigenvalue weighted by molar-refractivity contribution is -0.686. The van der Waals surface area contributed by atoms with Crippen LogP contribution in [-0.2, 0) is 35.3 Å². The number of aliphatic carboxylic acids is 1. The molecule has 3 aromatic heterocycles. The van der Waals surface area contributed by atoms with Gasteiger partial charge < -0.3 is 40.9 Å². The Morgan fingerprint density at radius 2 is 2.00 bits per heavy atom. The number of thiazole rings is 1. The number of pyridine rings is 2. The molecule has 2 amide bonds. The van der Waals surface area contributed by atoms with E-state index in [4.69, 9.17) is 15.3 Å². The fraction of sp³-hybridized carbons (Fsp3) is 0.333. The lowest BCUT2D eigenvalue weighted by Gasteiger charge is -2.49. The van der Waals surface area contributed by atoms with E-state index in [2.05, 4.69) is 20.4 Å². The number of thioether (sulfide) groups is 2. The van der Waals surface area contributed by atoms with E-state index in [0.717, 1.165) is 33.4 Å². The number of oxime groups is 1. The summed E-state index contributed by atoms with van der Waals surface area (Å²) in [5.74, 6) is -3.29. The molecule has 0 saturated carbocycles. The Bertz CT molecular complexity index is 1940. The number of nitrogens with zero attached hydrogens (tertiary/aromatic N) is 4. The van der Waals surface area contributed by atoms with Gasteiger partial charge in [0, 0.05) is 46.2 Å². The topological polar surface area (TPSA) is 251 Å². The SMILES string of the molecule is CC(C)(C)OC(=O)C[n+]1ccc(SCC2=C(C(=O)O)N3C(=O)[C@@H](NC(=O)C(=NOC(O)c4cc(=O)c(O)c[nH]4)c4csc(N)n4)[C@H]3SC2)cc1. The molecule has 0 aromatic carbocycles. The Labute approximate surface area is 296 Å². The van der Waals surface area contributed by atoms with Gasteiger partial charge in [0.25, 0.3) is 18.1 Å². The normalized spacial score (nSPS) is 18.2. The number of aliphatic hydroxyl groups excluding tert-OH is 1. The summed E-state index contributed by atoms with van der Waals surface area (Å²) in [6.45, 7) is 5.39. The Kier molecular flexibility index (Phi) is 10.8. The molecule has 7 N–H and O–H groups in total. The predicted molar refractivity (Wildman–Crippen MR) is 181 cm³/mol. The van der Waals surface area contributed by atoms with Crippen molar-refractivity contribution >= 4 is 69.5 Å². The lowest BCUT2D eigenvalue weighted by Crippen LogP contribution is -2.71. The van der Waals surface area contributed by atoms with Crippen molar-refractivity contribution in [1.29, 1.82) is 0 Å². The molecule has 5 rings (SSSR count). The number of H-pyrrole nitrogens is 1. The first-order valence-electron chi connectivity index (χ1n) is 14.7. The predicted octanol–water partition coefficient (Wildman–Crippen LogP) is 0.691. The number of aromatic amines is 1. The second kappa shape index (κ2) is 14.9. The van der Waals surface area contributed by atoms with E-state index >= 15 is 0 Å². The summed E-state index contributed by atoms with van der Waals surface area (Å²) in [5.41, 5.74) is 4.03. The number of carboxylic acids is 1. The van der Waals surface area contributed by atoms with Gasteiger partial charge in [-0.25, -0.2) is 14.6 Å². The van der Waals surface area contributed by atoms with E-state index in [1.165, 1.54) is 28.9 Å². The minimum atomic E-state index is -1.86. The molecule has 3 atom stereocenters. The zero-order valence-corrected chi connectivity index (χ0v) is 29.1. The van der Waals surface area contributed by atoms with Crippen LogP contribution in [0.5, 0.6) is 5.75 Å². The molecular weight excluding hydrogens is 715 g/mol. The molecule has 17 nitrogen and oxygen atoms in total. The van der Waals surface area contributed by atoms with Crippen LogP contribution in [0.4, 0.5) is 5.13 Å². The second-order valence-corrected chi connectivity index (χ2v) is 14.8. The number of ether oxygens (including phenoxy) is 1. The van der Waals surface area contributed by atoms with Crippen molar-refractivity contribution in [3.05, 3.63) is 75.1 Å². The Morgan fingerprint density at radius 1 is 1.28 bits per heavy atom. The van der Waals surface area contributed by atoms with Gasteiger partial charge in [-0.05, 0) is 26.3 Å². The van der Waals surface area contributed by atoms with Gasteiger partial charge in [0.15, 0.2) is 29.0 Å². The van der Waals surface area contributed by atoms with Crippen LogP contribution in [0.3, 0.4) is 0 Å². The van der Waals surface area contributed by atoms with Crippen LogP contribution in [-0.4, -0.2) is 88.2 Å². The number of nitrogens with one attached hydrogen (secondary N) is 2. The van der Waals surface area contributed by atoms with E-state index in [9.17, 15) is 39.3 Å². The van der Waals surface area contributed by atoms with E-state index in [0.29, 0.717) is 5.57 Å². The van der Waals surface area contributed by atoms with Crippen LogP contribution in [0.1, 0.15) is 38.4 Å². The van der Waals surface area contributed by atoms with Crippen LogP contribution < -0.4 is 21.0 Å². The maximum absolute atomic E-state index is 13.4. The standard InChI is InChI=1S/C30H31N7O10S3/c1-30(2,3)46-20(40)10-36-6-4-15(5-7-36)48-11-14-12-49-26-22(25(42)37(26)23(14)27(43)44)34-24(41)21(17-13-50-29(31)33-17)35-47-28(45)16-8-18(38)19(39)9-32-16/h4-9,13,22,26,28,45H,10-12H2,1-3H3,(H5-,31,32,33,34,35,38,39,41,43,44)/p+1/t22-,26-,28?/m1/s1. The minimum Gasteiger partial charge on any atom is -0.503 e. The van der Waals surface area contributed by atoms with Gasteiger partial charge >= 0.3 is 11.9 Å². The third-order valence-corrected chi connectivity index (χ3v) is 10.1. The maximum atomic E-state index is 13.4. The van der Waals surface area contributed by atoms with Crippen molar-refractivity contribution in [1.82, 2.24) is 20.2 Å². The number of aliphatic hydroxyl groups is 1. The number of hydrogen-bond acceptors (Lipinski definition) is 15. The van der Waals surface area contributed by atoms with Crippen molar-refractivity contribution in [3.8, 4) is 5.75 Å². The monoisotopic (exact) mass is 746 g/mol. The summed E-state index contributed by atoms with van der Waals surface area (Å²) in [6.07, 6.45) is 2.52. The number of nitrogen functional groups attached to an aromatic ring is 1. The number of amides is 2. The number of carbonyl (C=O) groups is 4. The third kappa shape index (κ3) is 8.44. The number of anilines is 1. The van der Waals surface area contributed by atoms with Crippen molar-refractivity contribution in [2.24, 2.45) is 5.16 Å². The first-order valence-corrected chi connectivity index (χ1v) is 17.6. The number of rotatable bonds is 12. The van der Waals surface area contributed by atoms with Gasteiger partial charge in [-0.15, -0.1) is 34.9 Å². The lowest BCUT2D eigenvalue weighted by atomic mass is 10.0. The summed E-state index contributed by atoms with van der Waals surface area (Å²) < 4.78 is 7.01. The highest BCUT2D eigenvalue weighted by atomic mass is 32.2. The van der Waals surface area contributed by atoms with Crippen LogP contribution in [0.2, 0.25) is 0 Å². The molecule has 0 bridgehead atoms. The number of carboxylic acid groups (broad SMARTS) is 1. The number of aromatic hydroxyl groups is 1. The Balaban J connectivity index is 1.25. The second-order valence-electron chi connectivity index (χ2n) is 11.8. The zero-order chi connectivity index (χ0) is 36.3. The molecule has 2 aliphatic rings. The van der Waals surface area contributed by atoms with Gasteiger partial charge in [0.05, 0.1) is 5.69 Å². The van der Waals surface area contributed by atoms with Crippen molar-refractivity contribution < 1.29 is 48.6 Å². The molecule has 3 aromatic rings. The first kappa shape index (κ1) is 36.4. The molecular formula is C30H32N7O10S3+. The van der Waals surface area contributed by atoms with Gasteiger partial charge in [-0.1, -0.05) is 5.16 Å². The fourth-order valence-electron chi connectivity index (χ4n) is 4.73. The average Bonchev–Trinajstić information content (AvgIpc) is 3.48. The highest BCUT2D eigenvalue weighted by Gasteiger charge is 2.54. The number of fused-ring (bicyclic) bond motifs is 1. The third-order valence-electron chi connectivity index (χ3n) is 6.95. The van der Waals surface area contributed by atoms with Crippen LogP contribution in [0, 0.1) is 0 Å². The minimum absolute atomic E-state index is 0.0296. The van der Waals surface area contributed by atoms with Crippen molar-refractivity contribution in [3.63, 3.8) is 0 Å². The number of nitrogens with two attached hydrogens (primary N) is 1. The van der Waals surface area contributed by atoms with Crippen LogP contribution >= 0.6 is 34.9 Å². The highest BCUT2D eigenvalue weighted by molar-refractivity contribution is 8.01. The smallest absolute Gasteiger partial charge is 0.373 e. The molecule has 264 valence electrons. The molecule has 1 unspecified atom stereocenters. The summed E-state index contributed by atoms with van der Waals surface area (Å²) >= 11 is 3.64. The molecule has 1 saturated heterocycles. The van der Waals surface area contributed by atoms with E-state index in [1.807, 2.05) is 0 Å². The Morgan fingerprint density at radius 3 is 2.62 bits per heavy atom. The summed E-state index contributed by atoms with van der Waals surface area (Å²) in [7, 11) is 0. The molecule has 5 heterocycles. The van der Waals surface area contributed by atoms with Crippen molar-refractivity contribution in [2.75, 3.05) is 17.2 Å². The van der Waals surface area contributed by atoms with Gasteiger partial charge in [-0.2, -0.15) is 4.57 Å². The zero-order valence-electron chi connectivity index (χ0n) is 26.7. The van der Waals surface area contributed by atoms with E-state index in [-0.39, 0.29) is 46.2 Å². The molecule has 0 spiro atoms. The number of carbonyl (C=O) groups excluding carboxylic acids is 3. The van der Waals surface area contributed by atoms with Gasteiger partial charge in [0.1, 0.15) is 28.4 Å². The summed E-state index contributed by atoms with van der Waals surface area (Å²) in [5, 5.41) is 36.9. The van der Waals surface area contributed by atoms with Crippen LogP contribution in [0.15, 0.2) is 68.3 Å². The van der Waals surface area contributed by atoms with Gasteiger partial charge in [0.2, 0.25) is 12.0 Å². The molecule has 50 heavy (non-hydrogen) atoms. The van der Waals surface area contributed by atoms with E-state index in [1.54, 1.807) is 49.9 Å². The number of hydrogen-bond donors (Lipinski definition) is 6. The van der Waals surface area contributed by atoms with Crippen molar-refractivity contribution in [2.45, 2.75) is 55.5 Å². The Hall–Kier alpha value is -4.92. The fourth-order valence-corrected chi connectivity index (χ4v) is 7.64. The van der Waals surface area contributed by atoms with E-state index < -0.39 is 58.0 Å². The number of β-lactam (4-membered cyclic amide) rings is 1. The molecule has 1 fully saturated rings. The number of esters is 1. The summed E-state index contributed by atoms with van der Waals surface area (Å²) in [4.78, 5) is 76.4. The molecule has 0 aliphatic carbocycles. The quantitative estimate of drug-likeness (QED) is 0.0284. The molecule has 2 aliphatic heterocycles. The first-order chi connectivity index (χ1) is 23.6. The average molecular weight is 747 g/mol. The number of aromatic nitrogens is 3. The van der Waals surface area contributed by atoms with Gasteiger partial charge in [-0.3, -0.25) is 19.3 Å². The summed E-state index contributed by atoms with van der Waals surface area (Å²) in [6, 6.07) is 3.33. The largest absolute Gasteiger partial charge is 0.503 e. The van der Waals surface area contributed by atoms with Crippen LogP contribution in [0.25, 0.3) is 0 Å². The molecule has 0 radical (unpaired) electrons. The highest BCUT2D eigenvalue weighted by Crippen LogP contribution is 2.41. The maximum Gasteiger partial charge on any atom is 0.373 e. The molecule has 20 heteroatoms.